The van der Waals surface area contributed by atoms with Gasteiger partial charge in [0.2, 0.25) is 5.91 Å². The third-order valence-electron chi connectivity index (χ3n) is 3.80. The van der Waals surface area contributed by atoms with E-state index in [0.717, 1.165) is 10.6 Å². The SMILES string of the molecule is CC(C)C[C@@H](N)C(=O)Nc1ccccc1SC1CCCC1. The zero-order valence-corrected chi connectivity index (χ0v) is 13.8. The van der Waals surface area contributed by atoms with Gasteiger partial charge in [-0.3, -0.25) is 4.79 Å². The van der Waals surface area contributed by atoms with Gasteiger partial charge in [-0.15, -0.1) is 11.8 Å². The Balaban J connectivity index is 2.00. The Hall–Kier alpha value is -1.00. The minimum atomic E-state index is -0.436. The first-order valence-electron chi connectivity index (χ1n) is 7.88. The van der Waals surface area contributed by atoms with Crippen LogP contribution in [0, 0.1) is 5.92 Å². The van der Waals surface area contributed by atoms with Crippen LogP contribution >= 0.6 is 11.8 Å². The number of nitrogens with one attached hydrogen (secondary N) is 1. The van der Waals surface area contributed by atoms with E-state index in [1.807, 2.05) is 30.0 Å². The molecule has 0 saturated heterocycles. The number of para-hydroxylation sites is 1. The minimum absolute atomic E-state index is 0.0804. The molecule has 1 aromatic carbocycles. The van der Waals surface area contributed by atoms with Crippen LogP contribution in [-0.4, -0.2) is 17.2 Å². The van der Waals surface area contributed by atoms with Crippen LogP contribution in [-0.2, 0) is 4.79 Å². The van der Waals surface area contributed by atoms with Gasteiger partial charge in [-0.2, -0.15) is 0 Å². The molecule has 1 aliphatic rings. The van der Waals surface area contributed by atoms with Crippen LogP contribution in [0.25, 0.3) is 0 Å². The molecule has 1 aromatic rings. The van der Waals surface area contributed by atoms with Gasteiger partial charge >= 0.3 is 0 Å². The Morgan fingerprint density at radius 3 is 2.67 bits per heavy atom. The van der Waals surface area contributed by atoms with Gasteiger partial charge in [0, 0.05) is 10.1 Å². The Morgan fingerprint density at radius 2 is 2.00 bits per heavy atom. The summed E-state index contributed by atoms with van der Waals surface area (Å²) in [6.07, 6.45) is 5.92. The van der Waals surface area contributed by atoms with Crippen LogP contribution in [0.1, 0.15) is 46.0 Å². The second kappa shape index (κ2) is 7.85. The van der Waals surface area contributed by atoms with E-state index in [0.29, 0.717) is 17.6 Å². The molecular weight excluding hydrogens is 280 g/mol. The van der Waals surface area contributed by atoms with Gasteiger partial charge in [0.05, 0.1) is 11.7 Å². The smallest absolute Gasteiger partial charge is 0.241 e. The first-order valence-corrected chi connectivity index (χ1v) is 8.76. The molecule has 0 aliphatic heterocycles. The van der Waals surface area contributed by atoms with Crippen LogP contribution in [0.5, 0.6) is 0 Å². The molecule has 3 N–H and O–H groups in total. The summed E-state index contributed by atoms with van der Waals surface area (Å²) in [6, 6.07) is 7.61. The zero-order valence-electron chi connectivity index (χ0n) is 13.0. The van der Waals surface area contributed by atoms with Crippen molar-refractivity contribution < 1.29 is 4.79 Å². The molecule has 116 valence electrons. The normalized spacial score (nSPS) is 17.1. The Labute approximate surface area is 132 Å². The predicted molar refractivity (Wildman–Crippen MR) is 90.6 cm³/mol. The summed E-state index contributed by atoms with van der Waals surface area (Å²) in [5.41, 5.74) is 6.86. The molecule has 0 heterocycles. The lowest BCUT2D eigenvalue weighted by molar-refractivity contribution is -0.117. The largest absolute Gasteiger partial charge is 0.324 e. The molecular formula is C17H26N2OS. The lowest BCUT2D eigenvalue weighted by Gasteiger charge is -2.17. The lowest BCUT2D eigenvalue weighted by atomic mass is 10.0. The van der Waals surface area contributed by atoms with Crippen molar-refractivity contribution in [1.29, 1.82) is 0 Å². The molecule has 0 spiro atoms. The highest BCUT2D eigenvalue weighted by Crippen LogP contribution is 2.38. The quantitative estimate of drug-likeness (QED) is 0.834. The topological polar surface area (TPSA) is 55.1 Å². The van der Waals surface area contributed by atoms with Crippen LogP contribution in [0.15, 0.2) is 29.2 Å². The number of hydrogen-bond acceptors (Lipinski definition) is 3. The fourth-order valence-electron chi connectivity index (χ4n) is 2.70. The predicted octanol–water partition coefficient (Wildman–Crippen LogP) is 4.03. The number of anilines is 1. The molecule has 0 unspecified atom stereocenters. The molecule has 0 bridgehead atoms. The van der Waals surface area contributed by atoms with Crippen molar-refractivity contribution in [1.82, 2.24) is 0 Å². The molecule has 1 aliphatic carbocycles. The monoisotopic (exact) mass is 306 g/mol. The van der Waals surface area contributed by atoms with E-state index in [1.54, 1.807) is 0 Å². The molecule has 21 heavy (non-hydrogen) atoms. The highest BCUT2D eigenvalue weighted by molar-refractivity contribution is 8.00. The molecule has 0 radical (unpaired) electrons. The molecule has 4 heteroatoms. The van der Waals surface area contributed by atoms with Gasteiger partial charge in [-0.05, 0) is 37.3 Å². The maximum Gasteiger partial charge on any atom is 0.241 e. The summed E-state index contributed by atoms with van der Waals surface area (Å²) in [4.78, 5) is 13.4. The summed E-state index contributed by atoms with van der Waals surface area (Å²) >= 11 is 1.89. The lowest BCUT2D eigenvalue weighted by Crippen LogP contribution is -2.36. The maximum atomic E-state index is 12.2. The Bertz CT molecular complexity index is 470. The van der Waals surface area contributed by atoms with Gasteiger partial charge < -0.3 is 11.1 Å². The summed E-state index contributed by atoms with van der Waals surface area (Å²) in [5.74, 6) is 0.344. The van der Waals surface area contributed by atoms with Crippen LogP contribution in [0.4, 0.5) is 5.69 Å². The number of nitrogens with two attached hydrogens (primary N) is 1. The third kappa shape index (κ3) is 5.04. The van der Waals surface area contributed by atoms with Crippen molar-refractivity contribution >= 4 is 23.4 Å². The summed E-state index contributed by atoms with van der Waals surface area (Å²) in [7, 11) is 0. The van der Waals surface area contributed by atoms with Crippen molar-refractivity contribution in [3.05, 3.63) is 24.3 Å². The van der Waals surface area contributed by atoms with E-state index in [9.17, 15) is 4.79 Å². The van der Waals surface area contributed by atoms with E-state index in [1.165, 1.54) is 25.7 Å². The second-order valence-corrected chi connectivity index (χ2v) is 7.59. The number of amides is 1. The Kier molecular flexibility index (Phi) is 6.12. The number of thioether (sulfide) groups is 1. The van der Waals surface area contributed by atoms with Gasteiger partial charge in [-0.1, -0.05) is 38.8 Å². The fraction of sp³-hybridized carbons (Fsp3) is 0.588. The van der Waals surface area contributed by atoms with E-state index in [4.69, 9.17) is 5.73 Å². The molecule has 3 nitrogen and oxygen atoms in total. The highest BCUT2D eigenvalue weighted by atomic mass is 32.2. The standard InChI is InChI=1S/C17H26N2OS/c1-12(2)11-14(18)17(20)19-15-9-5-6-10-16(15)21-13-7-3-4-8-13/h5-6,9-10,12-14H,3-4,7-8,11,18H2,1-2H3,(H,19,20)/t14-/m1/s1. The first kappa shape index (κ1) is 16.4. The molecule has 2 rings (SSSR count). The zero-order chi connectivity index (χ0) is 15.2. The number of hydrogen-bond donors (Lipinski definition) is 2. The fourth-order valence-corrected chi connectivity index (χ4v) is 4.03. The minimum Gasteiger partial charge on any atom is -0.324 e. The number of rotatable bonds is 6. The molecule has 1 atom stereocenters. The van der Waals surface area contributed by atoms with Gasteiger partial charge in [0.15, 0.2) is 0 Å². The molecule has 1 fully saturated rings. The maximum absolute atomic E-state index is 12.2. The van der Waals surface area contributed by atoms with Crippen LogP contribution in [0.2, 0.25) is 0 Å². The van der Waals surface area contributed by atoms with Crippen molar-refractivity contribution in [3.63, 3.8) is 0 Å². The van der Waals surface area contributed by atoms with Crippen molar-refractivity contribution in [2.45, 2.75) is 62.1 Å². The average molecular weight is 306 g/mol. The number of carbonyl (C=O) groups excluding carboxylic acids is 1. The van der Waals surface area contributed by atoms with Crippen LogP contribution < -0.4 is 11.1 Å². The molecule has 1 saturated carbocycles. The first-order chi connectivity index (χ1) is 10.1. The van der Waals surface area contributed by atoms with Gasteiger partial charge in [0.1, 0.15) is 0 Å². The highest BCUT2D eigenvalue weighted by Gasteiger charge is 2.20. The van der Waals surface area contributed by atoms with E-state index in [2.05, 4.69) is 25.2 Å². The molecule has 0 aromatic heterocycles. The Morgan fingerprint density at radius 1 is 1.33 bits per heavy atom. The summed E-state index contributed by atoms with van der Waals surface area (Å²) < 4.78 is 0. The second-order valence-electron chi connectivity index (χ2n) is 6.25. The number of carbonyl (C=O) groups is 1. The van der Waals surface area contributed by atoms with Gasteiger partial charge in [-0.25, -0.2) is 0 Å². The average Bonchev–Trinajstić information content (AvgIpc) is 2.93. The van der Waals surface area contributed by atoms with Crippen molar-refractivity contribution in [3.8, 4) is 0 Å². The van der Waals surface area contributed by atoms with Gasteiger partial charge in [0.25, 0.3) is 0 Å². The van der Waals surface area contributed by atoms with Crippen molar-refractivity contribution in [2.75, 3.05) is 5.32 Å². The van der Waals surface area contributed by atoms with E-state index in [-0.39, 0.29) is 5.91 Å². The summed E-state index contributed by atoms with van der Waals surface area (Å²) in [5, 5.41) is 3.69. The summed E-state index contributed by atoms with van der Waals surface area (Å²) in [6.45, 7) is 4.16. The van der Waals surface area contributed by atoms with E-state index < -0.39 is 6.04 Å². The third-order valence-corrected chi connectivity index (χ3v) is 5.22. The van der Waals surface area contributed by atoms with E-state index >= 15 is 0 Å². The molecule has 1 amide bonds. The van der Waals surface area contributed by atoms with Crippen molar-refractivity contribution in [2.24, 2.45) is 11.7 Å². The number of benzene rings is 1. The van der Waals surface area contributed by atoms with Crippen LogP contribution in [0.3, 0.4) is 0 Å².